The van der Waals surface area contributed by atoms with Crippen LogP contribution in [-0.2, 0) is 4.79 Å². The molecule has 1 aromatic carbocycles. The molecule has 0 aliphatic rings. The van der Waals surface area contributed by atoms with Gasteiger partial charge in [0.05, 0.1) is 10.9 Å². The lowest BCUT2D eigenvalue weighted by atomic mass is 10.0. The van der Waals surface area contributed by atoms with Crippen molar-refractivity contribution in [3.05, 3.63) is 34.7 Å². The summed E-state index contributed by atoms with van der Waals surface area (Å²) in [6.45, 7) is 3.95. The molecule has 2 rings (SSSR count). The molecule has 1 aromatic heterocycles. The minimum Gasteiger partial charge on any atom is -0.389 e. The van der Waals surface area contributed by atoms with Gasteiger partial charge in [-0.05, 0) is 24.5 Å². The summed E-state index contributed by atoms with van der Waals surface area (Å²) >= 11 is 0. The molecule has 0 aliphatic heterocycles. The molecule has 106 valence electrons. The van der Waals surface area contributed by atoms with Gasteiger partial charge in [0.2, 0.25) is 5.91 Å². The molecule has 0 unspecified atom stereocenters. The van der Waals surface area contributed by atoms with Crippen LogP contribution in [0.4, 0.5) is 6.01 Å². The second-order valence-corrected chi connectivity index (χ2v) is 5.05. The van der Waals surface area contributed by atoms with E-state index in [0.717, 1.165) is 0 Å². The summed E-state index contributed by atoms with van der Waals surface area (Å²) in [5, 5.41) is 3.19. The molecule has 0 saturated heterocycles. The van der Waals surface area contributed by atoms with Crippen LogP contribution < -0.4 is 16.7 Å². The topological polar surface area (TPSA) is 98.2 Å². The Morgan fingerprint density at radius 1 is 1.40 bits per heavy atom. The van der Waals surface area contributed by atoms with E-state index in [-0.39, 0.29) is 11.9 Å². The Hall–Kier alpha value is -2.37. The van der Waals surface area contributed by atoms with Gasteiger partial charge in [-0.2, -0.15) is 4.98 Å². The fourth-order valence-electron chi connectivity index (χ4n) is 1.95. The number of primary amides is 1. The first-order valence-electron chi connectivity index (χ1n) is 6.43. The van der Waals surface area contributed by atoms with Crippen molar-refractivity contribution in [2.24, 2.45) is 11.7 Å². The molecule has 1 heterocycles. The summed E-state index contributed by atoms with van der Waals surface area (Å²) < 4.78 is 5.07. The van der Waals surface area contributed by atoms with Gasteiger partial charge in [0.1, 0.15) is 6.04 Å². The van der Waals surface area contributed by atoms with Gasteiger partial charge in [-0.1, -0.05) is 26.0 Å². The minimum atomic E-state index is -0.619. The Bertz CT molecular complexity index is 679. The number of hydrogen-bond acceptors (Lipinski definition) is 5. The van der Waals surface area contributed by atoms with Crippen molar-refractivity contribution < 1.29 is 9.21 Å². The highest BCUT2D eigenvalue weighted by atomic mass is 16.4. The molecule has 20 heavy (non-hydrogen) atoms. The number of anilines is 1. The van der Waals surface area contributed by atoms with Crippen LogP contribution in [0.15, 0.2) is 33.5 Å². The standard InChI is InChI=1S/C14H17N3O3/c1-8(2)7-11(12(15)18)17-14-16-10-6-4-3-5-9(10)13(19)20-14/h3-6,8,11H,7H2,1-2H3,(H2,15,18)(H,16,17)/t11-/m0/s1. The first kappa shape index (κ1) is 14.0. The number of nitrogens with one attached hydrogen (secondary N) is 1. The van der Waals surface area contributed by atoms with Crippen molar-refractivity contribution in [1.29, 1.82) is 0 Å². The molecule has 0 bridgehead atoms. The van der Waals surface area contributed by atoms with Crippen LogP contribution in [-0.4, -0.2) is 16.9 Å². The van der Waals surface area contributed by atoms with Crippen LogP contribution >= 0.6 is 0 Å². The van der Waals surface area contributed by atoms with Crippen LogP contribution in [0.2, 0.25) is 0 Å². The molecule has 0 spiro atoms. The summed E-state index contributed by atoms with van der Waals surface area (Å²) in [5.74, 6) is -0.233. The van der Waals surface area contributed by atoms with E-state index < -0.39 is 17.6 Å². The number of carbonyl (C=O) groups is 1. The van der Waals surface area contributed by atoms with Crippen LogP contribution in [0.25, 0.3) is 10.9 Å². The molecule has 1 atom stereocenters. The smallest absolute Gasteiger partial charge is 0.348 e. The number of aromatic nitrogens is 1. The predicted octanol–water partition coefficient (Wildman–Crippen LogP) is 1.50. The van der Waals surface area contributed by atoms with E-state index in [2.05, 4.69) is 10.3 Å². The van der Waals surface area contributed by atoms with Crippen molar-refractivity contribution >= 4 is 22.8 Å². The number of carbonyl (C=O) groups excluding carboxylic acids is 1. The molecule has 0 radical (unpaired) electrons. The minimum absolute atomic E-state index is 0.0122. The summed E-state index contributed by atoms with van der Waals surface area (Å²) in [6.07, 6.45) is 0.535. The number of nitrogens with two attached hydrogens (primary N) is 1. The summed E-state index contributed by atoms with van der Waals surface area (Å²) in [7, 11) is 0. The van der Waals surface area contributed by atoms with Gasteiger partial charge >= 0.3 is 5.63 Å². The number of amides is 1. The molecular formula is C14H17N3O3. The number of rotatable bonds is 5. The molecule has 6 heteroatoms. The van der Waals surface area contributed by atoms with Gasteiger partial charge in [-0.25, -0.2) is 4.79 Å². The summed E-state index contributed by atoms with van der Waals surface area (Å²) in [5.41, 5.74) is 5.35. The maximum atomic E-state index is 11.8. The molecule has 3 N–H and O–H groups in total. The third-order valence-corrected chi connectivity index (χ3v) is 2.88. The number of hydrogen-bond donors (Lipinski definition) is 2. The lowest BCUT2D eigenvalue weighted by Crippen LogP contribution is -2.37. The number of para-hydroxylation sites is 1. The maximum Gasteiger partial charge on any atom is 0.348 e. The highest BCUT2D eigenvalue weighted by Gasteiger charge is 2.19. The predicted molar refractivity (Wildman–Crippen MR) is 76.3 cm³/mol. The van der Waals surface area contributed by atoms with Crippen molar-refractivity contribution in [1.82, 2.24) is 4.98 Å². The normalized spacial score (nSPS) is 12.6. The second-order valence-electron chi connectivity index (χ2n) is 5.05. The third kappa shape index (κ3) is 3.14. The average Bonchev–Trinajstić information content (AvgIpc) is 2.37. The summed E-state index contributed by atoms with van der Waals surface area (Å²) in [6, 6.07) is 6.25. The number of fused-ring (bicyclic) bond motifs is 1. The van der Waals surface area contributed by atoms with E-state index in [1.54, 1.807) is 24.3 Å². The Morgan fingerprint density at radius 3 is 2.75 bits per heavy atom. The number of nitrogens with zero attached hydrogens (tertiary/aromatic N) is 1. The first-order chi connectivity index (χ1) is 9.47. The zero-order valence-electron chi connectivity index (χ0n) is 11.4. The van der Waals surface area contributed by atoms with E-state index >= 15 is 0 Å². The number of benzene rings is 1. The Balaban J connectivity index is 2.33. The SMILES string of the molecule is CC(C)C[C@H](Nc1nc2ccccc2c(=O)o1)C(N)=O. The van der Waals surface area contributed by atoms with Crippen LogP contribution in [0, 0.1) is 5.92 Å². The summed E-state index contributed by atoms with van der Waals surface area (Å²) in [4.78, 5) is 27.4. The van der Waals surface area contributed by atoms with Gasteiger partial charge in [0, 0.05) is 0 Å². The van der Waals surface area contributed by atoms with E-state index in [9.17, 15) is 9.59 Å². The van der Waals surface area contributed by atoms with Crippen molar-refractivity contribution in [2.75, 3.05) is 5.32 Å². The second kappa shape index (κ2) is 5.73. The lowest BCUT2D eigenvalue weighted by molar-refractivity contribution is -0.119. The highest BCUT2D eigenvalue weighted by Crippen LogP contribution is 2.13. The quantitative estimate of drug-likeness (QED) is 0.861. The first-order valence-corrected chi connectivity index (χ1v) is 6.43. The van der Waals surface area contributed by atoms with Gasteiger partial charge < -0.3 is 15.5 Å². The average molecular weight is 275 g/mol. The molecule has 0 saturated carbocycles. The molecule has 0 aliphatic carbocycles. The van der Waals surface area contributed by atoms with E-state index in [0.29, 0.717) is 17.3 Å². The van der Waals surface area contributed by atoms with Gasteiger partial charge in [-0.15, -0.1) is 0 Å². The van der Waals surface area contributed by atoms with Gasteiger partial charge in [0.15, 0.2) is 0 Å². The zero-order chi connectivity index (χ0) is 14.7. The van der Waals surface area contributed by atoms with E-state index in [1.807, 2.05) is 13.8 Å². The van der Waals surface area contributed by atoms with Crippen LogP contribution in [0.5, 0.6) is 0 Å². The van der Waals surface area contributed by atoms with Crippen molar-refractivity contribution in [3.63, 3.8) is 0 Å². The molecule has 1 amide bonds. The molecule has 6 nitrogen and oxygen atoms in total. The van der Waals surface area contributed by atoms with Crippen LogP contribution in [0.1, 0.15) is 20.3 Å². The highest BCUT2D eigenvalue weighted by molar-refractivity contribution is 5.83. The fraction of sp³-hybridized carbons (Fsp3) is 0.357. The molecular weight excluding hydrogens is 258 g/mol. The third-order valence-electron chi connectivity index (χ3n) is 2.88. The molecule has 0 fully saturated rings. The van der Waals surface area contributed by atoms with Crippen molar-refractivity contribution in [3.8, 4) is 0 Å². The largest absolute Gasteiger partial charge is 0.389 e. The van der Waals surface area contributed by atoms with Gasteiger partial charge in [0.25, 0.3) is 6.01 Å². The zero-order valence-corrected chi connectivity index (χ0v) is 11.4. The Morgan fingerprint density at radius 2 is 2.10 bits per heavy atom. The van der Waals surface area contributed by atoms with Crippen LogP contribution in [0.3, 0.4) is 0 Å². The molecule has 2 aromatic rings. The maximum absolute atomic E-state index is 11.8. The Kier molecular flexibility index (Phi) is 4.02. The van der Waals surface area contributed by atoms with E-state index in [4.69, 9.17) is 10.2 Å². The monoisotopic (exact) mass is 275 g/mol. The Labute approximate surface area is 116 Å². The van der Waals surface area contributed by atoms with Crippen molar-refractivity contribution in [2.45, 2.75) is 26.3 Å². The lowest BCUT2D eigenvalue weighted by Gasteiger charge is -2.16. The van der Waals surface area contributed by atoms with Gasteiger partial charge in [-0.3, -0.25) is 4.79 Å². The fourth-order valence-corrected chi connectivity index (χ4v) is 1.95. The van der Waals surface area contributed by atoms with E-state index in [1.165, 1.54) is 0 Å².